The molecule has 1 aromatic heterocycles. The SMILES string of the molecule is O=C(CN1CCN(C(=O)[C@@H]2COc3ccccc3O2)CC1)N[C@@H](c1ccc(F)cc1)c1cccs1. The van der Waals surface area contributed by atoms with E-state index in [9.17, 15) is 14.0 Å². The minimum atomic E-state index is -0.665. The third-order valence-corrected chi connectivity index (χ3v) is 7.11. The Kier molecular flexibility index (Phi) is 6.96. The number of nitrogens with zero attached hydrogens (tertiary/aromatic N) is 2. The molecular formula is C26H26FN3O4S. The number of piperazine rings is 1. The number of ether oxygens (including phenoxy) is 2. The van der Waals surface area contributed by atoms with Crippen molar-refractivity contribution in [1.29, 1.82) is 0 Å². The Morgan fingerprint density at radius 2 is 1.74 bits per heavy atom. The fourth-order valence-corrected chi connectivity index (χ4v) is 5.11. The van der Waals surface area contributed by atoms with Crippen molar-refractivity contribution in [2.24, 2.45) is 0 Å². The van der Waals surface area contributed by atoms with Crippen LogP contribution in [0.2, 0.25) is 0 Å². The van der Waals surface area contributed by atoms with Crippen molar-refractivity contribution in [3.05, 3.63) is 82.3 Å². The Labute approximate surface area is 207 Å². The van der Waals surface area contributed by atoms with Gasteiger partial charge in [-0.25, -0.2) is 4.39 Å². The number of amides is 2. The van der Waals surface area contributed by atoms with Gasteiger partial charge in [0.25, 0.3) is 5.91 Å². The van der Waals surface area contributed by atoms with Crippen LogP contribution in [0.3, 0.4) is 0 Å². The number of rotatable bonds is 6. The molecule has 0 unspecified atom stereocenters. The number of benzene rings is 2. The summed E-state index contributed by atoms with van der Waals surface area (Å²) in [7, 11) is 0. The monoisotopic (exact) mass is 495 g/mol. The van der Waals surface area contributed by atoms with Gasteiger partial charge < -0.3 is 19.7 Å². The zero-order chi connectivity index (χ0) is 24.2. The van der Waals surface area contributed by atoms with E-state index in [0.717, 1.165) is 10.4 Å². The number of carbonyl (C=O) groups excluding carboxylic acids is 2. The van der Waals surface area contributed by atoms with Crippen LogP contribution >= 0.6 is 11.3 Å². The molecule has 182 valence electrons. The van der Waals surface area contributed by atoms with E-state index in [2.05, 4.69) is 5.32 Å². The second-order valence-electron chi connectivity index (χ2n) is 8.53. The number of carbonyl (C=O) groups is 2. The van der Waals surface area contributed by atoms with Crippen LogP contribution in [-0.4, -0.2) is 67.0 Å². The number of para-hydroxylation sites is 2. The number of fused-ring (bicyclic) bond motifs is 1. The van der Waals surface area contributed by atoms with Crippen LogP contribution in [0.4, 0.5) is 4.39 Å². The smallest absolute Gasteiger partial charge is 0.267 e. The molecule has 35 heavy (non-hydrogen) atoms. The number of hydrogen-bond acceptors (Lipinski definition) is 6. The fourth-order valence-electron chi connectivity index (χ4n) is 4.31. The lowest BCUT2D eigenvalue weighted by molar-refractivity contribution is -0.143. The first-order chi connectivity index (χ1) is 17.1. The lowest BCUT2D eigenvalue weighted by Gasteiger charge is -2.37. The van der Waals surface area contributed by atoms with Crippen LogP contribution in [0, 0.1) is 5.82 Å². The maximum Gasteiger partial charge on any atom is 0.267 e. The third kappa shape index (κ3) is 5.47. The molecule has 0 saturated carbocycles. The summed E-state index contributed by atoms with van der Waals surface area (Å²) < 4.78 is 24.9. The molecule has 1 N–H and O–H groups in total. The predicted molar refractivity (Wildman–Crippen MR) is 130 cm³/mol. The van der Waals surface area contributed by atoms with Gasteiger partial charge in [-0.05, 0) is 41.3 Å². The molecule has 2 aliphatic rings. The third-order valence-electron chi connectivity index (χ3n) is 6.17. The van der Waals surface area contributed by atoms with E-state index in [1.54, 1.807) is 34.4 Å². The number of hydrogen-bond donors (Lipinski definition) is 1. The molecule has 2 amide bonds. The van der Waals surface area contributed by atoms with Crippen LogP contribution in [0.15, 0.2) is 66.0 Å². The summed E-state index contributed by atoms with van der Waals surface area (Å²) in [6.45, 7) is 2.61. The van der Waals surface area contributed by atoms with Gasteiger partial charge in [0, 0.05) is 31.1 Å². The Morgan fingerprint density at radius 1 is 1.00 bits per heavy atom. The summed E-state index contributed by atoms with van der Waals surface area (Å²) in [6, 6.07) is 17.1. The second kappa shape index (κ2) is 10.5. The summed E-state index contributed by atoms with van der Waals surface area (Å²) in [4.78, 5) is 30.6. The quantitative estimate of drug-likeness (QED) is 0.569. The summed E-state index contributed by atoms with van der Waals surface area (Å²) in [5.41, 5.74) is 0.828. The van der Waals surface area contributed by atoms with Crippen molar-refractivity contribution in [3.8, 4) is 11.5 Å². The van der Waals surface area contributed by atoms with Gasteiger partial charge in [-0.15, -0.1) is 11.3 Å². The molecule has 3 aromatic rings. The first-order valence-electron chi connectivity index (χ1n) is 11.5. The molecule has 5 rings (SSSR count). The molecule has 0 spiro atoms. The predicted octanol–water partition coefficient (Wildman–Crippen LogP) is 3.08. The topological polar surface area (TPSA) is 71.1 Å². The summed E-state index contributed by atoms with van der Waals surface area (Å²) in [6.07, 6.45) is -0.665. The van der Waals surface area contributed by atoms with Gasteiger partial charge in [-0.1, -0.05) is 30.3 Å². The van der Waals surface area contributed by atoms with Crippen molar-refractivity contribution in [2.45, 2.75) is 12.1 Å². The fraction of sp³-hybridized carbons (Fsp3) is 0.308. The summed E-state index contributed by atoms with van der Waals surface area (Å²) in [5, 5.41) is 5.04. The minimum Gasteiger partial charge on any atom is -0.485 e. The van der Waals surface area contributed by atoms with Crippen LogP contribution in [0.25, 0.3) is 0 Å². The summed E-state index contributed by atoms with van der Waals surface area (Å²) >= 11 is 1.54. The highest BCUT2D eigenvalue weighted by atomic mass is 32.1. The maximum absolute atomic E-state index is 13.4. The molecule has 1 fully saturated rings. The van der Waals surface area contributed by atoms with Gasteiger partial charge >= 0.3 is 0 Å². The van der Waals surface area contributed by atoms with Crippen molar-refractivity contribution >= 4 is 23.2 Å². The van der Waals surface area contributed by atoms with Crippen molar-refractivity contribution < 1.29 is 23.5 Å². The van der Waals surface area contributed by atoms with E-state index < -0.39 is 6.10 Å². The highest BCUT2D eigenvalue weighted by Gasteiger charge is 2.33. The molecule has 9 heteroatoms. The van der Waals surface area contributed by atoms with E-state index in [1.807, 2.05) is 40.6 Å². The molecular weight excluding hydrogens is 469 g/mol. The van der Waals surface area contributed by atoms with Gasteiger partial charge in [0.2, 0.25) is 12.0 Å². The average Bonchev–Trinajstić information content (AvgIpc) is 3.42. The van der Waals surface area contributed by atoms with Crippen molar-refractivity contribution in [2.75, 3.05) is 39.3 Å². The molecule has 2 atom stereocenters. The Morgan fingerprint density at radius 3 is 2.46 bits per heavy atom. The lowest BCUT2D eigenvalue weighted by Crippen LogP contribution is -2.55. The lowest BCUT2D eigenvalue weighted by atomic mass is 10.1. The normalized spacial score (nSPS) is 18.7. The number of halogens is 1. The summed E-state index contributed by atoms with van der Waals surface area (Å²) in [5.74, 6) is 0.695. The maximum atomic E-state index is 13.4. The van der Waals surface area contributed by atoms with E-state index in [0.29, 0.717) is 37.7 Å². The Hall–Kier alpha value is -3.43. The molecule has 3 heterocycles. The average molecular weight is 496 g/mol. The molecule has 2 aromatic carbocycles. The van der Waals surface area contributed by atoms with Gasteiger partial charge in [0.1, 0.15) is 12.4 Å². The standard InChI is InChI=1S/C26H26FN3O4S/c27-19-9-7-18(8-10-19)25(23-6-3-15-35-23)28-24(31)16-29-11-13-30(14-12-29)26(32)22-17-33-20-4-1-2-5-21(20)34-22/h1-10,15,22,25H,11-14,16-17H2,(H,28,31)/t22-,25-/m0/s1. The highest BCUT2D eigenvalue weighted by molar-refractivity contribution is 7.10. The highest BCUT2D eigenvalue weighted by Crippen LogP contribution is 2.31. The van der Waals surface area contributed by atoms with E-state index in [-0.39, 0.29) is 36.8 Å². The number of thiophene rings is 1. The van der Waals surface area contributed by atoms with Crippen LogP contribution in [0.1, 0.15) is 16.5 Å². The number of nitrogens with one attached hydrogen (secondary N) is 1. The van der Waals surface area contributed by atoms with Gasteiger partial charge in [-0.3, -0.25) is 14.5 Å². The van der Waals surface area contributed by atoms with Gasteiger partial charge in [0.15, 0.2) is 11.5 Å². The van der Waals surface area contributed by atoms with E-state index in [1.165, 1.54) is 12.1 Å². The Balaban J connectivity index is 1.14. The Bertz CT molecular complexity index is 1160. The first-order valence-corrected chi connectivity index (χ1v) is 12.4. The van der Waals surface area contributed by atoms with Crippen molar-refractivity contribution in [1.82, 2.24) is 15.1 Å². The molecule has 0 aliphatic carbocycles. The second-order valence-corrected chi connectivity index (χ2v) is 9.51. The molecule has 0 radical (unpaired) electrons. The zero-order valence-electron chi connectivity index (χ0n) is 19.1. The van der Waals surface area contributed by atoms with Gasteiger partial charge in [-0.2, -0.15) is 0 Å². The van der Waals surface area contributed by atoms with E-state index in [4.69, 9.17) is 9.47 Å². The van der Waals surface area contributed by atoms with Crippen LogP contribution in [0.5, 0.6) is 11.5 Å². The molecule has 1 saturated heterocycles. The van der Waals surface area contributed by atoms with Crippen molar-refractivity contribution in [3.63, 3.8) is 0 Å². The largest absolute Gasteiger partial charge is 0.485 e. The van der Waals surface area contributed by atoms with E-state index >= 15 is 0 Å². The molecule has 0 bridgehead atoms. The molecule has 7 nitrogen and oxygen atoms in total. The zero-order valence-corrected chi connectivity index (χ0v) is 19.9. The first kappa shape index (κ1) is 23.3. The minimum absolute atomic E-state index is 0.0994. The van der Waals surface area contributed by atoms with Gasteiger partial charge in [0.05, 0.1) is 12.6 Å². The molecule has 2 aliphatic heterocycles. The van der Waals surface area contributed by atoms with Crippen LogP contribution in [-0.2, 0) is 9.59 Å². The van der Waals surface area contributed by atoms with Crippen LogP contribution < -0.4 is 14.8 Å².